The van der Waals surface area contributed by atoms with Crippen molar-refractivity contribution in [3.8, 4) is 0 Å². The molecule has 0 aliphatic rings. The quantitative estimate of drug-likeness (QED) is 0.0255. The van der Waals surface area contributed by atoms with E-state index in [1.165, 1.54) is 205 Å². The van der Waals surface area contributed by atoms with Crippen LogP contribution in [0.15, 0.2) is 24.3 Å². The topological polar surface area (TPSA) is 168 Å². The van der Waals surface area contributed by atoms with Gasteiger partial charge in [0.2, 0.25) is 0 Å². The molecule has 0 spiro atoms. The van der Waals surface area contributed by atoms with Crippen molar-refractivity contribution in [2.75, 3.05) is 126 Å². The molecule has 0 aliphatic carbocycles. The van der Waals surface area contributed by atoms with Crippen LogP contribution in [0.5, 0.6) is 0 Å². The Kier molecular flexibility index (Phi) is 70.2. The molecule has 0 aromatic carbocycles. The van der Waals surface area contributed by atoms with E-state index in [0.29, 0.717) is 72.6 Å². The molecular formula is C70H134N2O13. The number of carbonyl (C=O) groups is 3. The summed E-state index contributed by atoms with van der Waals surface area (Å²) in [7, 11) is 1.59. The minimum absolute atomic E-state index is 0.00471. The summed E-state index contributed by atoms with van der Waals surface area (Å²) in [5.74, 6) is -1.17. The van der Waals surface area contributed by atoms with Gasteiger partial charge in [-0.2, -0.15) is 0 Å². The third kappa shape index (κ3) is 67.3. The predicted octanol–water partition coefficient (Wildman–Crippen LogP) is 15.7. The van der Waals surface area contributed by atoms with Crippen molar-refractivity contribution in [3.63, 3.8) is 0 Å². The second-order valence-electron chi connectivity index (χ2n) is 23.0. The molecule has 2 unspecified atom stereocenters. The molecule has 0 saturated heterocycles. The zero-order valence-electron chi connectivity index (χ0n) is 55.6. The molecule has 0 radical (unpaired) electrons. The Morgan fingerprint density at radius 1 is 0.341 bits per heavy atom. The lowest BCUT2D eigenvalue weighted by Gasteiger charge is -2.27. The third-order valence-electron chi connectivity index (χ3n) is 15.0. The standard InChI is InChI=1S/C70H134N2O13/c1-5-8-11-14-17-20-23-25-27-29-31-33-36-39-42-45-50-80-64-67(82-51-46-43-40-37-34-32-30-28-26-24-21-18-15-12-9-6-2)66(47-44-41-38-35-22-19-16-13-10-7-3)85-70(75)65-81-59-58-78-55-54-77-56-57-79-60-61-84-69(74)63-72-49-53-83-68(73)62-71-48-52-76-4/h25-28,66-67,71-72H,5-24,29-65H2,1-4H3/b27-25-,28-26-. The Morgan fingerprint density at radius 2 is 0.706 bits per heavy atom. The highest BCUT2D eigenvalue weighted by Gasteiger charge is 2.26. The molecule has 2 atom stereocenters. The Balaban J connectivity index is 4.89. The molecule has 15 nitrogen and oxygen atoms in total. The molecule has 0 amide bonds. The van der Waals surface area contributed by atoms with Crippen LogP contribution in [-0.4, -0.2) is 156 Å². The number of ether oxygens (including phenoxy) is 10. The molecule has 0 aliphatic heterocycles. The average molecular weight is 1210 g/mol. The Hall–Kier alpha value is -2.47. The van der Waals surface area contributed by atoms with E-state index >= 15 is 0 Å². The first-order chi connectivity index (χ1) is 42.0. The van der Waals surface area contributed by atoms with Crippen molar-refractivity contribution < 1.29 is 61.8 Å². The molecule has 502 valence electrons. The minimum atomic E-state index is -0.419. The highest BCUT2D eigenvalue weighted by atomic mass is 16.6. The van der Waals surface area contributed by atoms with Crippen LogP contribution in [0.2, 0.25) is 0 Å². The van der Waals surface area contributed by atoms with Crippen LogP contribution < -0.4 is 10.6 Å². The van der Waals surface area contributed by atoms with Gasteiger partial charge in [0.15, 0.2) is 0 Å². The molecule has 0 saturated carbocycles. The van der Waals surface area contributed by atoms with Crippen molar-refractivity contribution in [2.24, 2.45) is 0 Å². The lowest BCUT2D eigenvalue weighted by Crippen LogP contribution is -2.38. The summed E-state index contributed by atoms with van der Waals surface area (Å²) in [5, 5.41) is 5.79. The summed E-state index contributed by atoms with van der Waals surface area (Å²) >= 11 is 0. The van der Waals surface area contributed by atoms with Crippen molar-refractivity contribution >= 4 is 17.9 Å². The van der Waals surface area contributed by atoms with Crippen LogP contribution in [-0.2, 0) is 61.8 Å². The fraction of sp³-hybridized carbons (Fsp3) is 0.900. The maximum absolute atomic E-state index is 13.4. The number of hydrogen-bond acceptors (Lipinski definition) is 15. The monoisotopic (exact) mass is 1210 g/mol. The first kappa shape index (κ1) is 82.5. The summed E-state index contributed by atoms with van der Waals surface area (Å²) in [6.07, 6.45) is 57.6. The van der Waals surface area contributed by atoms with E-state index < -0.39 is 12.1 Å². The van der Waals surface area contributed by atoms with Crippen LogP contribution in [0, 0.1) is 0 Å². The Morgan fingerprint density at radius 3 is 1.15 bits per heavy atom. The third-order valence-corrected chi connectivity index (χ3v) is 15.0. The number of nitrogens with one attached hydrogen (secondary N) is 2. The number of unbranched alkanes of at least 4 members (excludes halogenated alkanes) is 33. The zero-order chi connectivity index (χ0) is 61.5. The second-order valence-corrected chi connectivity index (χ2v) is 23.0. The summed E-state index contributed by atoms with van der Waals surface area (Å²) in [6, 6.07) is 0. The van der Waals surface area contributed by atoms with E-state index in [1.54, 1.807) is 7.11 Å². The van der Waals surface area contributed by atoms with Gasteiger partial charge >= 0.3 is 17.9 Å². The molecular weight excluding hydrogens is 1080 g/mol. The lowest BCUT2D eigenvalue weighted by atomic mass is 10.0. The van der Waals surface area contributed by atoms with Gasteiger partial charge in [0, 0.05) is 33.4 Å². The molecule has 0 fully saturated rings. The lowest BCUT2D eigenvalue weighted by molar-refractivity contribution is -0.168. The first-order valence-corrected chi connectivity index (χ1v) is 35.2. The van der Waals surface area contributed by atoms with Gasteiger partial charge in [-0.15, -0.1) is 0 Å². The average Bonchev–Trinajstić information content (AvgIpc) is 3.57. The minimum Gasteiger partial charge on any atom is -0.463 e. The predicted molar refractivity (Wildman–Crippen MR) is 349 cm³/mol. The number of rotatable bonds is 72. The fourth-order valence-electron chi connectivity index (χ4n) is 9.78. The van der Waals surface area contributed by atoms with E-state index in [9.17, 15) is 14.4 Å². The highest BCUT2D eigenvalue weighted by molar-refractivity contribution is 5.72. The van der Waals surface area contributed by atoms with Gasteiger partial charge in [0.25, 0.3) is 0 Å². The molecule has 0 rings (SSSR count). The number of carbonyl (C=O) groups excluding carboxylic acids is 3. The van der Waals surface area contributed by atoms with Crippen LogP contribution in [0.3, 0.4) is 0 Å². The van der Waals surface area contributed by atoms with Crippen molar-refractivity contribution in [3.05, 3.63) is 24.3 Å². The normalized spacial score (nSPS) is 12.5. The highest BCUT2D eigenvalue weighted by Crippen LogP contribution is 2.19. The summed E-state index contributed by atoms with van der Waals surface area (Å²) in [4.78, 5) is 37.0. The van der Waals surface area contributed by atoms with Crippen molar-refractivity contribution in [1.29, 1.82) is 0 Å². The second kappa shape index (κ2) is 72.3. The van der Waals surface area contributed by atoms with Gasteiger partial charge in [-0.3, -0.25) is 9.59 Å². The number of hydrogen-bond donors (Lipinski definition) is 2. The van der Waals surface area contributed by atoms with E-state index in [-0.39, 0.29) is 64.2 Å². The molecule has 0 bridgehead atoms. The number of allylic oxidation sites excluding steroid dienone is 4. The first-order valence-electron chi connectivity index (χ1n) is 35.2. The molecule has 0 heterocycles. The van der Waals surface area contributed by atoms with Gasteiger partial charge in [0.05, 0.1) is 72.6 Å². The molecule has 85 heavy (non-hydrogen) atoms. The molecule has 0 aromatic heterocycles. The van der Waals surface area contributed by atoms with Crippen LogP contribution >= 0.6 is 0 Å². The fourth-order valence-corrected chi connectivity index (χ4v) is 9.78. The van der Waals surface area contributed by atoms with Crippen LogP contribution in [0.1, 0.15) is 271 Å². The number of esters is 3. The zero-order valence-corrected chi connectivity index (χ0v) is 55.6. The SMILES string of the molecule is CCCCCCCC/C=C\CCCCCCCCOCC(OCCCCCCCC/C=C\CCCCCCCC)C(CCCCCCCCCCCC)OC(=O)COCCOCCOCCOCCOC(=O)CNCCOC(=O)CNCCOC. The van der Waals surface area contributed by atoms with E-state index in [4.69, 9.17) is 47.4 Å². The number of methoxy groups -OCH3 is 1. The van der Waals surface area contributed by atoms with Crippen molar-refractivity contribution in [2.45, 2.75) is 283 Å². The summed E-state index contributed by atoms with van der Waals surface area (Å²) in [5.41, 5.74) is 0. The smallest absolute Gasteiger partial charge is 0.332 e. The van der Waals surface area contributed by atoms with Crippen molar-refractivity contribution in [1.82, 2.24) is 10.6 Å². The summed E-state index contributed by atoms with van der Waals surface area (Å²) in [6.45, 7) is 12.5. The maximum Gasteiger partial charge on any atom is 0.332 e. The molecule has 2 N–H and O–H groups in total. The van der Waals surface area contributed by atoms with Gasteiger partial charge in [-0.05, 0) is 77.0 Å². The van der Waals surface area contributed by atoms with Gasteiger partial charge < -0.3 is 58.0 Å². The Labute approximate surface area is 521 Å². The van der Waals surface area contributed by atoms with Gasteiger partial charge in [-0.1, -0.05) is 218 Å². The van der Waals surface area contributed by atoms with Crippen LogP contribution in [0.25, 0.3) is 0 Å². The maximum atomic E-state index is 13.4. The van der Waals surface area contributed by atoms with E-state index in [0.717, 1.165) is 44.9 Å². The van der Waals surface area contributed by atoms with E-state index in [2.05, 4.69) is 55.7 Å². The Bertz CT molecular complexity index is 1420. The largest absolute Gasteiger partial charge is 0.463 e. The summed E-state index contributed by atoms with van der Waals surface area (Å²) < 4.78 is 56.9. The van der Waals surface area contributed by atoms with Crippen LogP contribution in [0.4, 0.5) is 0 Å². The van der Waals surface area contributed by atoms with Gasteiger partial charge in [0.1, 0.15) is 32.0 Å². The molecule has 0 aromatic rings. The molecule has 15 heteroatoms. The van der Waals surface area contributed by atoms with Gasteiger partial charge in [-0.25, -0.2) is 4.79 Å². The van der Waals surface area contributed by atoms with E-state index in [1.807, 2.05) is 0 Å².